The van der Waals surface area contributed by atoms with E-state index in [0.29, 0.717) is 19.5 Å². The molecular weight excluding hydrogens is 720 g/mol. The number of amides is 1. The van der Waals surface area contributed by atoms with Crippen molar-refractivity contribution in [2.24, 2.45) is 10.8 Å². The number of rotatable bonds is 19. The Labute approximate surface area is 348 Å². The summed E-state index contributed by atoms with van der Waals surface area (Å²) in [5.41, 5.74) is 8.87. The van der Waals surface area contributed by atoms with E-state index in [1.807, 2.05) is 26.1 Å². The molecule has 0 bridgehead atoms. The zero-order valence-corrected chi connectivity index (χ0v) is 36.9. The molecule has 2 N–H and O–H groups in total. The maximum Gasteiger partial charge on any atom is 0.237 e. The van der Waals surface area contributed by atoms with Crippen LogP contribution in [0.5, 0.6) is 0 Å². The molecule has 58 heavy (non-hydrogen) atoms. The van der Waals surface area contributed by atoms with Crippen LogP contribution in [0.15, 0.2) is 67.8 Å². The monoisotopic (exact) mass is 789 g/mol. The van der Waals surface area contributed by atoms with Crippen LogP contribution in [0.3, 0.4) is 0 Å². The average Bonchev–Trinajstić information content (AvgIpc) is 3.19. The highest BCUT2D eigenvalue weighted by Gasteiger charge is 2.38. The Kier molecular flexibility index (Phi) is 15.1. The second kappa shape index (κ2) is 19.6. The summed E-state index contributed by atoms with van der Waals surface area (Å²) in [7, 11) is 3.63. The number of piperidine rings is 1. The highest BCUT2D eigenvalue weighted by atomic mass is 19.1. The number of allylic oxidation sites excluding steroid dienone is 1. The lowest BCUT2D eigenvalue weighted by Gasteiger charge is -2.44. The molecule has 1 aromatic heterocycles. The maximum absolute atomic E-state index is 15.7. The van der Waals surface area contributed by atoms with Gasteiger partial charge in [0, 0.05) is 25.5 Å². The van der Waals surface area contributed by atoms with Crippen molar-refractivity contribution in [3.05, 3.63) is 118 Å². The predicted octanol–water partition coefficient (Wildman–Crippen LogP) is 10.6. The van der Waals surface area contributed by atoms with Crippen LogP contribution in [0.4, 0.5) is 10.2 Å². The quantitative estimate of drug-likeness (QED) is 0.0922. The van der Waals surface area contributed by atoms with E-state index in [1.165, 1.54) is 22.3 Å². The van der Waals surface area contributed by atoms with E-state index in [4.69, 9.17) is 9.97 Å². The number of fused-ring (bicyclic) bond motifs is 1. The third kappa shape index (κ3) is 10.8. The molecular formula is C50H69FN6O. The lowest BCUT2D eigenvalue weighted by molar-refractivity contribution is -0.125. The fraction of sp³-hybridized carbons (Fsp3) is 0.500. The Bertz CT molecular complexity index is 2060. The molecule has 312 valence electrons. The summed E-state index contributed by atoms with van der Waals surface area (Å²) in [6.07, 6.45) is 9.81. The normalized spacial score (nSPS) is 14.8. The number of aryl methyl sites for hydroxylation is 3. The molecule has 1 unspecified atom stereocenters. The van der Waals surface area contributed by atoms with Gasteiger partial charge in [-0.05, 0) is 154 Å². The third-order valence-corrected chi connectivity index (χ3v) is 13.2. The number of anilines is 1. The Balaban J connectivity index is 1.23. The molecule has 0 saturated carbocycles. The minimum atomic E-state index is -0.294. The van der Waals surface area contributed by atoms with E-state index >= 15 is 4.39 Å². The van der Waals surface area contributed by atoms with E-state index in [2.05, 4.69) is 112 Å². The lowest BCUT2D eigenvalue weighted by Crippen LogP contribution is -2.43. The summed E-state index contributed by atoms with van der Waals surface area (Å²) in [4.78, 5) is 27.1. The summed E-state index contributed by atoms with van der Waals surface area (Å²) >= 11 is 0. The first-order chi connectivity index (χ1) is 27.6. The number of benzene rings is 3. The summed E-state index contributed by atoms with van der Waals surface area (Å²) in [5.74, 6) is 1.64. The van der Waals surface area contributed by atoms with Gasteiger partial charge in [0.15, 0.2) is 0 Å². The van der Waals surface area contributed by atoms with Crippen molar-refractivity contribution in [3.8, 4) is 0 Å². The number of hydrogen-bond acceptors (Lipinski definition) is 6. The van der Waals surface area contributed by atoms with Gasteiger partial charge in [0.2, 0.25) is 5.91 Å². The Morgan fingerprint density at radius 2 is 1.76 bits per heavy atom. The average molecular weight is 789 g/mol. The lowest BCUT2D eigenvalue weighted by atomic mass is 9.63. The second-order valence-electron chi connectivity index (χ2n) is 18.0. The molecule has 1 saturated heterocycles. The van der Waals surface area contributed by atoms with Crippen LogP contribution in [0.25, 0.3) is 17.0 Å². The number of carbonyl (C=O) groups excluding carboxylic acids is 1. The van der Waals surface area contributed by atoms with Crippen molar-refractivity contribution in [1.82, 2.24) is 25.1 Å². The number of nitrogens with one attached hydrogen (secondary N) is 2. The van der Waals surface area contributed by atoms with E-state index < -0.39 is 0 Å². The zero-order valence-electron chi connectivity index (χ0n) is 36.9. The molecule has 3 aromatic carbocycles. The summed E-state index contributed by atoms with van der Waals surface area (Å²) in [6, 6.07) is 16.6. The fourth-order valence-electron chi connectivity index (χ4n) is 8.64. The second-order valence-corrected chi connectivity index (χ2v) is 18.0. The van der Waals surface area contributed by atoms with Crippen molar-refractivity contribution in [2.45, 2.75) is 118 Å². The van der Waals surface area contributed by atoms with E-state index in [-0.39, 0.29) is 34.5 Å². The minimum Gasteiger partial charge on any atom is -0.365 e. The maximum atomic E-state index is 15.7. The molecule has 1 atom stereocenters. The molecule has 1 aliphatic rings. The first-order valence-electron chi connectivity index (χ1n) is 21.4. The first kappa shape index (κ1) is 44.7. The highest BCUT2D eigenvalue weighted by Crippen LogP contribution is 2.45. The Hall–Kier alpha value is -4.40. The van der Waals surface area contributed by atoms with Crippen molar-refractivity contribution < 1.29 is 9.18 Å². The standard InChI is InChI=1S/C50H69FN6O/c1-12-15-19-46(48(58)52-10)56(11)33-41-28-42(44(51)29-38(41)14-3)39-20-23-57(24-21-39)25-22-49(6,7)50(8,9)31-40-30-45-43(27-37(40)13-2)47(55-35(5)54-45)53-32-36-18-16-17-34(4)26-36/h12,14,16-18,26-30,39,46H,1,3,13,15,19-25,31-33H2,2,4-11H3,(H,52,58)(H,53,54,55). The molecule has 1 amide bonds. The zero-order chi connectivity index (χ0) is 42.2. The smallest absolute Gasteiger partial charge is 0.237 e. The van der Waals surface area contributed by atoms with Crippen molar-refractivity contribution >= 4 is 28.7 Å². The van der Waals surface area contributed by atoms with Crippen molar-refractivity contribution in [1.29, 1.82) is 0 Å². The number of hydrogen-bond donors (Lipinski definition) is 2. The van der Waals surface area contributed by atoms with Crippen LogP contribution in [0, 0.1) is 30.5 Å². The molecule has 8 heteroatoms. The number of halogens is 1. The van der Waals surface area contributed by atoms with E-state index in [9.17, 15) is 4.79 Å². The Morgan fingerprint density at radius 3 is 2.41 bits per heavy atom. The van der Waals surface area contributed by atoms with Gasteiger partial charge in [0.05, 0.1) is 11.6 Å². The highest BCUT2D eigenvalue weighted by molar-refractivity contribution is 5.90. The Morgan fingerprint density at radius 1 is 1.02 bits per heavy atom. The van der Waals surface area contributed by atoms with Gasteiger partial charge in [-0.1, -0.05) is 89.2 Å². The summed E-state index contributed by atoms with van der Waals surface area (Å²) in [6.45, 7) is 28.0. The molecule has 0 radical (unpaired) electrons. The molecule has 0 spiro atoms. The van der Waals surface area contributed by atoms with Crippen molar-refractivity contribution in [3.63, 3.8) is 0 Å². The van der Waals surface area contributed by atoms with Crippen LogP contribution in [0.1, 0.15) is 117 Å². The van der Waals surface area contributed by atoms with Gasteiger partial charge < -0.3 is 15.5 Å². The minimum absolute atomic E-state index is 0.0214. The fourth-order valence-corrected chi connectivity index (χ4v) is 8.64. The molecule has 1 fully saturated rings. The third-order valence-electron chi connectivity index (χ3n) is 13.2. The number of likely N-dealkylation sites (tertiary alicyclic amines) is 1. The van der Waals surface area contributed by atoms with Gasteiger partial charge in [-0.25, -0.2) is 14.4 Å². The van der Waals surface area contributed by atoms with Gasteiger partial charge in [-0.15, -0.1) is 6.58 Å². The molecule has 0 aliphatic carbocycles. The largest absolute Gasteiger partial charge is 0.365 e. The summed E-state index contributed by atoms with van der Waals surface area (Å²) in [5, 5.41) is 7.49. The molecule has 5 rings (SSSR count). The van der Waals surface area contributed by atoms with Crippen LogP contribution in [0.2, 0.25) is 0 Å². The molecule has 1 aliphatic heterocycles. The molecule has 4 aromatic rings. The van der Waals surface area contributed by atoms with Crippen LogP contribution in [-0.4, -0.2) is 65.4 Å². The number of likely N-dealkylation sites (N-methyl/N-ethyl adjacent to an activating group) is 2. The van der Waals surface area contributed by atoms with Gasteiger partial charge in [0.25, 0.3) is 0 Å². The number of nitrogens with zero attached hydrogens (tertiary/aromatic N) is 4. The van der Waals surface area contributed by atoms with Crippen molar-refractivity contribution in [2.75, 3.05) is 39.0 Å². The van der Waals surface area contributed by atoms with Crippen LogP contribution in [-0.2, 0) is 30.7 Å². The van der Waals surface area contributed by atoms with Gasteiger partial charge >= 0.3 is 0 Å². The predicted molar refractivity (Wildman–Crippen MR) is 242 cm³/mol. The van der Waals surface area contributed by atoms with Crippen LogP contribution < -0.4 is 10.6 Å². The van der Waals surface area contributed by atoms with Crippen LogP contribution >= 0.6 is 0 Å². The van der Waals surface area contributed by atoms with Gasteiger partial charge in [-0.3, -0.25) is 9.69 Å². The first-order valence-corrected chi connectivity index (χ1v) is 21.4. The molecule has 2 heterocycles. The van der Waals surface area contributed by atoms with E-state index in [0.717, 1.165) is 97.4 Å². The SMILES string of the molecule is C=CCCC(C(=O)NC)N(C)Cc1cc(C2CCN(CCC(C)(C)C(C)(C)Cc3cc4nc(C)nc(NCc5cccc(C)c5)c4cc3CC)CC2)c(F)cc1C=C. The summed E-state index contributed by atoms with van der Waals surface area (Å²) < 4.78 is 15.7. The number of aromatic nitrogens is 2. The van der Waals surface area contributed by atoms with E-state index in [1.54, 1.807) is 19.2 Å². The van der Waals surface area contributed by atoms with Gasteiger partial charge in [0.1, 0.15) is 17.5 Å². The topological polar surface area (TPSA) is 73.4 Å². The number of carbonyl (C=O) groups is 1. The van der Waals surface area contributed by atoms with Gasteiger partial charge in [-0.2, -0.15) is 0 Å². The molecule has 7 nitrogen and oxygen atoms in total.